The van der Waals surface area contributed by atoms with Gasteiger partial charge in [-0.1, -0.05) is 48.5 Å². The normalized spacial score (nSPS) is 10.5. The fourth-order valence-electron chi connectivity index (χ4n) is 2.94. The Hall–Kier alpha value is -3.21. The maximum atomic E-state index is 13.6. The van der Waals surface area contributed by atoms with E-state index in [-0.39, 0.29) is 11.7 Å². The van der Waals surface area contributed by atoms with Gasteiger partial charge >= 0.3 is 0 Å². The number of carbonyl (C=O) groups is 1. The molecule has 5 heteroatoms. The number of anilines is 1. The lowest BCUT2D eigenvalue weighted by Crippen LogP contribution is -2.26. The smallest absolute Gasteiger partial charge is 0.252 e. The van der Waals surface area contributed by atoms with Crippen molar-refractivity contribution in [2.75, 3.05) is 18.4 Å². The summed E-state index contributed by atoms with van der Waals surface area (Å²) in [5.74, 6) is -0.461. The number of halogens is 1. The van der Waals surface area contributed by atoms with Gasteiger partial charge in [0.05, 0.1) is 11.3 Å². The number of aryl methyl sites for hydroxylation is 1. The highest BCUT2D eigenvalue weighted by atomic mass is 19.1. The van der Waals surface area contributed by atoms with Crippen molar-refractivity contribution in [3.63, 3.8) is 0 Å². The van der Waals surface area contributed by atoms with Crippen molar-refractivity contribution < 1.29 is 9.18 Å². The maximum Gasteiger partial charge on any atom is 0.252 e. The number of hydrogen-bond acceptors (Lipinski definition) is 3. The summed E-state index contributed by atoms with van der Waals surface area (Å²) in [6.07, 6.45) is 5.68. The molecule has 144 valence electrons. The zero-order valence-corrected chi connectivity index (χ0v) is 15.7. The molecule has 1 amide bonds. The summed E-state index contributed by atoms with van der Waals surface area (Å²) in [4.78, 5) is 16.5. The van der Waals surface area contributed by atoms with Crippen LogP contribution in [-0.2, 0) is 12.8 Å². The molecule has 0 unspecified atom stereocenters. The van der Waals surface area contributed by atoms with Crippen molar-refractivity contribution in [1.29, 1.82) is 0 Å². The van der Waals surface area contributed by atoms with Crippen LogP contribution in [0.15, 0.2) is 73.1 Å². The zero-order valence-electron chi connectivity index (χ0n) is 15.7. The van der Waals surface area contributed by atoms with Gasteiger partial charge in [0, 0.05) is 25.5 Å². The third-order valence-electron chi connectivity index (χ3n) is 4.45. The predicted octanol–water partition coefficient (Wildman–Crippen LogP) is 4.24. The number of benzene rings is 2. The van der Waals surface area contributed by atoms with Crippen LogP contribution in [0, 0.1) is 5.82 Å². The average Bonchev–Trinajstić information content (AvgIpc) is 2.73. The van der Waals surface area contributed by atoms with E-state index in [4.69, 9.17) is 0 Å². The molecule has 0 saturated heterocycles. The average molecular weight is 377 g/mol. The maximum absolute atomic E-state index is 13.6. The predicted molar refractivity (Wildman–Crippen MR) is 110 cm³/mol. The largest absolute Gasteiger partial charge is 0.384 e. The monoisotopic (exact) mass is 377 g/mol. The van der Waals surface area contributed by atoms with Crippen LogP contribution in [0.25, 0.3) is 0 Å². The fraction of sp³-hybridized carbons (Fsp3) is 0.217. The van der Waals surface area contributed by atoms with Crippen molar-refractivity contribution >= 4 is 11.6 Å². The Balaban J connectivity index is 1.44. The number of carbonyl (C=O) groups excluding carboxylic acids is 1. The number of hydrogen-bond donors (Lipinski definition) is 2. The van der Waals surface area contributed by atoms with Crippen LogP contribution >= 0.6 is 0 Å². The molecule has 0 bridgehead atoms. The highest BCUT2D eigenvalue weighted by molar-refractivity contribution is 5.94. The Morgan fingerprint density at radius 3 is 2.54 bits per heavy atom. The summed E-state index contributed by atoms with van der Waals surface area (Å²) in [5, 5.41) is 6.12. The molecule has 0 aliphatic heterocycles. The first-order valence-electron chi connectivity index (χ1n) is 9.47. The molecule has 1 heterocycles. The summed E-state index contributed by atoms with van der Waals surface area (Å²) in [5.41, 5.74) is 3.21. The van der Waals surface area contributed by atoms with Gasteiger partial charge in [0.25, 0.3) is 5.91 Å². The van der Waals surface area contributed by atoms with Gasteiger partial charge in [-0.15, -0.1) is 0 Å². The molecule has 2 aromatic carbocycles. The molecule has 0 fully saturated rings. The molecule has 0 spiro atoms. The van der Waals surface area contributed by atoms with E-state index in [0.29, 0.717) is 24.1 Å². The van der Waals surface area contributed by atoms with Gasteiger partial charge < -0.3 is 10.6 Å². The van der Waals surface area contributed by atoms with Gasteiger partial charge in [0.1, 0.15) is 5.82 Å². The van der Waals surface area contributed by atoms with E-state index in [2.05, 4.69) is 27.8 Å². The fourth-order valence-corrected chi connectivity index (χ4v) is 2.94. The van der Waals surface area contributed by atoms with Crippen LogP contribution in [0.5, 0.6) is 0 Å². The van der Waals surface area contributed by atoms with Crippen LogP contribution in [0.2, 0.25) is 0 Å². The van der Waals surface area contributed by atoms with E-state index in [1.165, 1.54) is 17.8 Å². The van der Waals surface area contributed by atoms with E-state index in [1.54, 1.807) is 30.5 Å². The van der Waals surface area contributed by atoms with Crippen LogP contribution in [0.1, 0.15) is 27.9 Å². The van der Waals surface area contributed by atoms with Crippen LogP contribution in [-0.4, -0.2) is 24.0 Å². The van der Waals surface area contributed by atoms with Crippen LogP contribution in [0.4, 0.5) is 10.1 Å². The quantitative estimate of drug-likeness (QED) is 0.549. The number of amides is 1. The molecule has 28 heavy (non-hydrogen) atoms. The molecule has 0 radical (unpaired) electrons. The molecule has 0 aliphatic carbocycles. The Labute approximate surface area is 164 Å². The lowest BCUT2D eigenvalue weighted by Gasteiger charge is -2.09. The Morgan fingerprint density at radius 2 is 1.71 bits per heavy atom. The van der Waals surface area contributed by atoms with E-state index in [9.17, 15) is 9.18 Å². The zero-order chi connectivity index (χ0) is 19.6. The lowest BCUT2D eigenvalue weighted by atomic mass is 10.1. The molecule has 0 saturated carbocycles. The number of nitrogens with one attached hydrogen (secondary N) is 2. The van der Waals surface area contributed by atoms with Gasteiger partial charge in [0.15, 0.2) is 0 Å². The second-order valence-corrected chi connectivity index (χ2v) is 6.58. The minimum atomic E-state index is -0.250. The third-order valence-corrected chi connectivity index (χ3v) is 4.45. The number of aromatic nitrogens is 1. The van der Waals surface area contributed by atoms with Crippen molar-refractivity contribution in [3.8, 4) is 0 Å². The van der Waals surface area contributed by atoms with Crippen molar-refractivity contribution in [3.05, 3.63) is 95.6 Å². The van der Waals surface area contributed by atoms with Gasteiger partial charge in [-0.2, -0.15) is 0 Å². The van der Waals surface area contributed by atoms with E-state index >= 15 is 0 Å². The molecular weight excluding hydrogens is 353 g/mol. The topological polar surface area (TPSA) is 54.0 Å². The highest BCUT2D eigenvalue weighted by Crippen LogP contribution is 2.10. The summed E-state index contributed by atoms with van der Waals surface area (Å²) in [7, 11) is 0. The van der Waals surface area contributed by atoms with Gasteiger partial charge in [-0.25, -0.2) is 4.39 Å². The Kier molecular flexibility index (Phi) is 7.13. The third kappa shape index (κ3) is 5.91. The molecule has 0 aliphatic rings. The standard InChI is InChI=1S/C23H24FN3O/c24-22-11-5-4-10-19(22)12-14-27-23(28)20-15-21(17-25-16-20)26-13-6-9-18-7-2-1-3-8-18/h1-5,7-8,10-11,15-17,26H,6,9,12-14H2,(H,27,28). The first-order valence-corrected chi connectivity index (χ1v) is 9.47. The SMILES string of the molecule is O=C(NCCc1ccccc1F)c1cncc(NCCCc2ccccc2)c1. The van der Waals surface area contributed by atoms with Crippen LogP contribution < -0.4 is 10.6 Å². The molecular formula is C23H24FN3O. The van der Waals surface area contributed by atoms with Crippen molar-refractivity contribution in [1.82, 2.24) is 10.3 Å². The van der Waals surface area contributed by atoms with Crippen molar-refractivity contribution in [2.24, 2.45) is 0 Å². The van der Waals surface area contributed by atoms with Gasteiger partial charge in [-0.05, 0) is 42.5 Å². The first kappa shape index (κ1) is 19.5. The second kappa shape index (κ2) is 10.2. The number of pyridine rings is 1. The number of rotatable bonds is 9. The summed E-state index contributed by atoms with van der Waals surface area (Å²) >= 11 is 0. The summed E-state index contributed by atoms with van der Waals surface area (Å²) < 4.78 is 13.6. The molecule has 4 nitrogen and oxygen atoms in total. The summed E-state index contributed by atoms with van der Waals surface area (Å²) in [6.45, 7) is 1.17. The number of nitrogens with zero attached hydrogens (tertiary/aromatic N) is 1. The first-order chi connectivity index (χ1) is 13.7. The van der Waals surface area contributed by atoms with Crippen LogP contribution in [0.3, 0.4) is 0 Å². The minimum absolute atomic E-state index is 0.211. The summed E-state index contributed by atoms with van der Waals surface area (Å²) in [6, 6.07) is 18.7. The van der Waals surface area contributed by atoms with E-state index < -0.39 is 0 Å². The molecule has 3 rings (SSSR count). The highest BCUT2D eigenvalue weighted by Gasteiger charge is 2.07. The molecule has 0 atom stereocenters. The lowest BCUT2D eigenvalue weighted by molar-refractivity contribution is 0.0953. The molecule has 1 aromatic heterocycles. The Morgan fingerprint density at radius 1 is 0.929 bits per heavy atom. The van der Waals surface area contributed by atoms with Crippen molar-refractivity contribution in [2.45, 2.75) is 19.3 Å². The second-order valence-electron chi connectivity index (χ2n) is 6.58. The van der Waals surface area contributed by atoms with E-state index in [0.717, 1.165) is 25.1 Å². The minimum Gasteiger partial charge on any atom is -0.384 e. The van der Waals surface area contributed by atoms with E-state index in [1.807, 2.05) is 18.2 Å². The van der Waals surface area contributed by atoms with Gasteiger partial charge in [-0.3, -0.25) is 9.78 Å². The molecule has 2 N–H and O–H groups in total. The molecule has 3 aromatic rings. The Bertz CT molecular complexity index is 899. The van der Waals surface area contributed by atoms with Gasteiger partial charge in [0.2, 0.25) is 0 Å².